The van der Waals surface area contributed by atoms with Crippen LogP contribution in [-0.4, -0.2) is 130 Å². The second kappa shape index (κ2) is 30.7. The van der Waals surface area contributed by atoms with Gasteiger partial charge in [-0.05, 0) is 98.2 Å². The van der Waals surface area contributed by atoms with Crippen LogP contribution in [0.1, 0.15) is 127 Å². The van der Waals surface area contributed by atoms with Gasteiger partial charge in [0.1, 0.15) is 34.1 Å². The van der Waals surface area contributed by atoms with E-state index in [1.807, 2.05) is 64.8 Å². The van der Waals surface area contributed by atoms with E-state index in [9.17, 15) is 38.7 Å². The van der Waals surface area contributed by atoms with Crippen molar-refractivity contribution < 1.29 is 52.9 Å². The van der Waals surface area contributed by atoms with Gasteiger partial charge in [-0.2, -0.15) is 0 Å². The van der Waals surface area contributed by atoms with Gasteiger partial charge in [-0.15, -0.1) is 11.3 Å². The van der Waals surface area contributed by atoms with Crippen molar-refractivity contribution in [2.24, 2.45) is 17.8 Å². The molecule has 1 aromatic carbocycles. The molecule has 0 bridgehead atoms. The molecule has 396 valence electrons. The number of benzene rings is 1. The van der Waals surface area contributed by atoms with Crippen LogP contribution in [0.2, 0.25) is 0 Å². The minimum Gasteiger partial charge on any atom is -0.508 e. The number of piperidine rings is 1. The molecule has 0 radical (unpaired) electrons. The third-order valence-corrected chi connectivity index (χ3v) is 15.6. The van der Waals surface area contributed by atoms with Crippen molar-refractivity contribution in [1.82, 2.24) is 35.7 Å². The average Bonchev–Trinajstić information content (AvgIpc) is 3.85. The van der Waals surface area contributed by atoms with E-state index >= 15 is 0 Å². The Kier molecular flexibility index (Phi) is 25.3. The van der Waals surface area contributed by atoms with Gasteiger partial charge in [0.25, 0.3) is 5.91 Å². The molecule has 0 aliphatic carbocycles. The zero-order valence-corrected chi connectivity index (χ0v) is 45.2. The minimum absolute atomic E-state index is 0.0180. The van der Waals surface area contributed by atoms with E-state index in [0.29, 0.717) is 31.4 Å². The summed E-state index contributed by atoms with van der Waals surface area (Å²) in [4.78, 5) is 106. The highest BCUT2D eigenvalue weighted by atomic mass is 33.1. The molecule has 1 unspecified atom stereocenters. The van der Waals surface area contributed by atoms with Gasteiger partial charge in [0, 0.05) is 55.1 Å². The third-order valence-electron chi connectivity index (χ3n) is 12.4. The van der Waals surface area contributed by atoms with Gasteiger partial charge < -0.3 is 40.2 Å². The van der Waals surface area contributed by atoms with Gasteiger partial charge in [0.2, 0.25) is 11.8 Å². The summed E-state index contributed by atoms with van der Waals surface area (Å²) in [6.07, 6.45) is 4.22. The average molecular weight is 1060 g/mol. The fourth-order valence-electron chi connectivity index (χ4n) is 8.16. The standard InChI is InChI=1S/C51H73N7O11S3/c1-9-15-45(62)68-31-58(50(65)46(33(5)10-2)56-48(64)40-16-12-14-23-57(40)8)41(32(3)4)28-43(69-35(7)59)49-55-39(30-70-49)47(63)54-37(27-36-18-20-38(60)21-19-36)26-34(6)42(61)29-53-51(66)67-24-25-71-72-44-17-11-13-22-52-44/h11,13,17-22,30,32-34,37,40-41,43,46,60H,9-10,12,14-16,23-29,31H2,1-8H3,(H,53,66)(H,54,63)(H,56,64)/t33-,34-,37+,40?,41+,43+,46-/m0/s1. The maximum Gasteiger partial charge on any atom is 0.407 e. The van der Waals surface area contributed by atoms with Gasteiger partial charge >= 0.3 is 18.0 Å². The second-order valence-electron chi connectivity index (χ2n) is 18.5. The number of aromatic nitrogens is 2. The first-order valence-corrected chi connectivity index (χ1v) is 27.9. The Balaban J connectivity index is 1.51. The Morgan fingerprint density at radius 3 is 2.38 bits per heavy atom. The number of amides is 4. The van der Waals surface area contributed by atoms with Crippen LogP contribution in [0.25, 0.3) is 0 Å². The molecule has 1 fully saturated rings. The number of alkyl carbamates (subject to hydrolysis) is 1. The number of ketones is 1. The number of rotatable bonds is 29. The van der Waals surface area contributed by atoms with Crippen molar-refractivity contribution in [2.45, 2.75) is 142 Å². The smallest absolute Gasteiger partial charge is 0.407 e. The number of likely N-dealkylation sites (tertiary alicyclic amines) is 1. The molecule has 4 rings (SSSR count). The monoisotopic (exact) mass is 1060 g/mol. The van der Waals surface area contributed by atoms with Crippen molar-refractivity contribution >= 4 is 74.5 Å². The first kappa shape index (κ1) is 59.3. The summed E-state index contributed by atoms with van der Waals surface area (Å²) >= 11 is 1.09. The zero-order chi connectivity index (χ0) is 52.7. The number of carbonyl (C=O) groups excluding carboxylic acids is 7. The van der Waals surface area contributed by atoms with Gasteiger partial charge in [0.05, 0.1) is 12.6 Å². The van der Waals surface area contributed by atoms with Crippen LogP contribution in [0.15, 0.2) is 59.1 Å². The Morgan fingerprint density at radius 1 is 0.972 bits per heavy atom. The summed E-state index contributed by atoms with van der Waals surface area (Å²) in [7, 11) is 4.84. The molecular weight excluding hydrogens is 983 g/mol. The summed E-state index contributed by atoms with van der Waals surface area (Å²) in [5.41, 5.74) is 0.806. The molecule has 2 aromatic heterocycles. The second-order valence-corrected chi connectivity index (χ2v) is 21.8. The maximum absolute atomic E-state index is 14.9. The Labute approximate surface area is 435 Å². The topological polar surface area (TPSA) is 236 Å². The molecule has 1 aliphatic heterocycles. The highest BCUT2D eigenvalue weighted by Crippen LogP contribution is 2.32. The number of nitrogens with zero attached hydrogens (tertiary/aromatic N) is 4. The molecule has 0 spiro atoms. The van der Waals surface area contributed by atoms with E-state index in [1.54, 1.807) is 25.3 Å². The Bertz CT molecular complexity index is 2220. The SMILES string of the molecule is CCCC(=O)OCN(C(=O)[C@@H](NC(=O)C1CCCCN1C)[C@@H](C)CC)[C@H](C[C@@H](OC(C)=O)c1nc(C(=O)N[C@@H](Cc2ccc(O)cc2)C[C@H](C)C(=O)CNC(=O)OCCSSc2ccccn2)cs1)C(C)C. The van der Waals surface area contributed by atoms with Crippen molar-refractivity contribution in [1.29, 1.82) is 0 Å². The van der Waals surface area contributed by atoms with E-state index in [4.69, 9.17) is 14.2 Å². The largest absolute Gasteiger partial charge is 0.508 e. The normalized spacial score (nSPS) is 16.3. The van der Waals surface area contributed by atoms with Crippen LogP contribution in [-0.2, 0) is 44.6 Å². The molecule has 1 aliphatic rings. The molecule has 4 amide bonds. The van der Waals surface area contributed by atoms with Crippen LogP contribution >= 0.6 is 32.9 Å². The number of phenols is 1. The summed E-state index contributed by atoms with van der Waals surface area (Å²) in [5.74, 6) is -3.24. The minimum atomic E-state index is -1.04. The maximum atomic E-state index is 14.9. The van der Waals surface area contributed by atoms with Crippen molar-refractivity contribution in [3.05, 3.63) is 70.3 Å². The molecule has 0 saturated carbocycles. The molecule has 1 saturated heterocycles. The fourth-order valence-corrected chi connectivity index (χ4v) is 10.7. The molecule has 3 heterocycles. The van der Waals surface area contributed by atoms with Gasteiger partial charge in [0.15, 0.2) is 18.6 Å². The number of carbonyl (C=O) groups is 7. The van der Waals surface area contributed by atoms with E-state index in [1.165, 1.54) is 50.9 Å². The quantitative estimate of drug-likeness (QED) is 0.0173. The molecule has 3 aromatic rings. The van der Waals surface area contributed by atoms with Gasteiger partial charge in [-0.3, -0.25) is 33.7 Å². The van der Waals surface area contributed by atoms with Gasteiger partial charge in [-0.1, -0.05) is 83.4 Å². The lowest BCUT2D eigenvalue weighted by Gasteiger charge is -2.39. The van der Waals surface area contributed by atoms with Crippen LogP contribution in [0.3, 0.4) is 0 Å². The fraction of sp³-hybridized carbons (Fsp3) is 0.588. The number of nitrogens with one attached hydrogen (secondary N) is 3. The van der Waals surface area contributed by atoms with E-state index < -0.39 is 72.8 Å². The van der Waals surface area contributed by atoms with Crippen LogP contribution < -0.4 is 16.0 Å². The lowest BCUT2D eigenvalue weighted by molar-refractivity contribution is -0.160. The van der Waals surface area contributed by atoms with E-state index in [2.05, 4.69) is 25.9 Å². The Hall–Kier alpha value is -5.25. The van der Waals surface area contributed by atoms with Crippen LogP contribution in [0.5, 0.6) is 5.75 Å². The van der Waals surface area contributed by atoms with E-state index in [0.717, 1.165) is 41.3 Å². The number of hydrogen-bond acceptors (Lipinski definition) is 17. The number of thiazole rings is 1. The molecule has 72 heavy (non-hydrogen) atoms. The highest BCUT2D eigenvalue weighted by Gasteiger charge is 2.39. The third kappa shape index (κ3) is 19.6. The number of Topliss-reactive ketones (excluding diaryl/α,β-unsaturated/α-hetero) is 1. The number of ether oxygens (including phenoxy) is 3. The summed E-state index contributed by atoms with van der Waals surface area (Å²) in [5, 5.41) is 21.2. The van der Waals surface area contributed by atoms with Crippen LogP contribution in [0.4, 0.5) is 4.79 Å². The summed E-state index contributed by atoms with van der Waals surface area (Å²) in [6, 6.07) is 9.44. The molecule has 7 atom stereocenters. The van der Waals surface area contributed by atoms with Crippen LogP contribution in [0, 0.1) is 17.8 Å². The number of esters is 2. The number of phenolic OH excluding ortho intramolecular Hbond substituents is 1. The number of likely N-dealkylation sites (N-methyl/N-ethyl adjacent to an activating group) is 1. The van der Waals surface area contributed by atoms with E-state index in [-0.39, 0.29) is 72.4 Å². The molecule has 21 heteroatoms. The molecule has 18 nitrogen and oxygen atoms in total. The first-order chi connectivity index (χ1) is 34.4. The molecule has 4 N–H and O–H groups in total. The highest BCUT2D eigenvalue weighted by molar-refractivity contribution is 8.76. The number of aromatic hydroxyl groups is 1. The van der Waals surface area contributed by atoms with Crippen molar-refractivity contribution in [2.75, 3.05) is 39.2 Å². The number of pyridine rings is 1. The summed E-state index contributed by atoms with van der Waals surface area (Å²) in [6.45, 7) is 12.6. The predicted octanol–water partition coefficient (Wildman–Crippen LogP) is 7.51. The summed E-state index contributed by atoms with van der Waals surface area (Å²) < 4.78 is 16.8. The Morgan fingerprint density at radius 2 is 1.72 bits per heavy atom. The number of hydrogen-bond donors (Lipinski definition) is 4. The lowest BCUT2D eigenvalue weighted by atomic mass is 9.92. The first-order valence-electron chi connectivity index (χ1n) is 24.7. The zero-order valence-electron chi connectivity index (χ0n) is 42.8. The predicted molar refractivity (Wildman–Crippen MR) is 278 cm³/mol. The van der Waals surface area contributed by atoms with Crippen molar-refractivity contribution in [3.8, 4) is 5.75 Å². The van der Waals surface area contributed by atoms with Crippen molar-refractivity contribution in [3.63, 3.8) is 0 Å². The molecular formula is C51H73N7O11S3. The van der Waals surface area contributed by atoms with Gasteiger partial charge in [-0.25, -0.2) is 14.8 Å². The lowest BCUT2D eigenvalue weighted by Crippen LogP contribution is -2.59.